The van der Waals surface area contributed by atoms with Gasteiger partial charge in [-0.15, -0.1) is 0 Å². The Morgan fingerprint density at radius 3 is 2.76 bits per heavy atom. The predicted molar refractivity (Wildman–Crippen MR) is 83.9 cm³/mol. The second-order valence-corrected chi connectivity index (χ2v) is 5.31. The number of carbonyl (C=O) groups excluding carboxylic acids is 2. The van der Waals surface area contributed by atoms with E-state index in [-0.39, 0.29) is 11.8 Å². The van der Waals surface area contributed by atoms with Gasteiger partial charge in [-0.2, -0.15) is 0 Å². The van der Waals surface area contributed by atoms with Gasteiger partial charge in [0.15, 0.2) is 0 Å². The Balaban J connectivity index is 2.00. The Hall–Kier alpha value is -1.81. The number of likely N-dealkylation sites (N-methyl/N-ethyl adjacent to an activating group) is 1. The van der Waals surface area contributed by atoms with Crippen molar-refractivity contribution in [2.75, 3.05) is 26.2 Å². The molecule has 1 aromatic carbocycles. The van der Waals surface area contributed by atoms with Gasteiger partial charge >= 0.3 is 0 Å². The van der Waals surface area contributed by atoms with E-state index in [1.165, 1.54) is 6.08 Å². The summed E-state index contributed by atoms with van der Waals surface area (Å²) in [6, 6.07) is 7.37. The van der Waals surface area contributed by atoms with Crippen LogP contribution in [0.1, 0.15) is 18.9 Å². The summed E-state index contributed by atoms with van der Waals surface area (Å²) < 4.78 is 0. The maximum Gasteiger partial charge on any atom is 0.246 e. The molecule has 5 heteroatoms. The standard InChI is InChI=1S/C16H19ClN2O2/c1-2-18-11-12-19(10-9-16(18)21)15(20)8-7-13-5-3-4-6-14(13)17/h3-8H,2,9-12H2,1H3/b8-7+. The molecule has 112 valence electrons. The molecule has 0 aliphatic carbocycles. The molecule has 1 saturated heterocycles. The molecule has 4 nitrogen and oxygen atoms in total. The summed E-state index contributed by atoms with van der Waals surface area (Å²) >= 11 is 6.05. The first-order valence-electron chi connectivity index (χ1n) is 7.11. The lowest BCUT2D eigenvalue weighted by atomic mass is 10.2. The van der Waals surface area contributed by atoms with Crippen molar-refractivity contribution >= 4 is 29.5 Å². The lowest BCUT2D eigenvalue weighted by Crippen LogP contribution is -2.35. The van der Waals surface area contributed by atoms with Gasteiger partial charge in [0.05, 0.1) is 0 Å². The van der Waals surface area contributed by atoms with Crippen LogP contribution in [0.3, 0.4) is 0 Å². The highest BCUT2D eigenvalue weighted by molar-refractivity contribution is 6.32. The smallest absolute Gasteiger partial charge is 0.246 e. The first-order valence-corrected chi connectivity index (χ1v) is 7.49. The normalized spacial score (nSPS) is 16.4. The summed E-state index contributed by atoms with van der Waals surface area (Å²) in [6.07, 6.45) is 3.63. The van der Waals surface area contributed by atoms with Gasteiger partial charge in [0.2, 0.25) is 11.8 Å². The second kappa shape index (κ2) is 7.27. The van der Waals surface area contributed by atoms with Crippen LogP contribution in [0.2, 0.25) is 5.02 Å². The number of hydrogen-bond acceptors (Lipinski definition) is 2. The first kappa shape index (κ1) is 15.6. The fourth-order valence-corrected chi connectivity index (χ4v) is 2.50. The molecule has 2 rings (SSSR count). The van der Waals surface area contributed by atoms with Crippen molar-refractivity contribution in [2.24, 2.45) is 0 Å². The van der Waals surface area contributed by atoms with Crippen molar-refractivity contribution in [2.45, 2.75) is 13.3 Å². The first-order chi connectivity index (χ1) is 10.1. The Kier molecular flexibility index (Phi) is 5.39. The third-order valence-electron chi connectivity index (χ3n) is 3.59. The Morgan fingerprint density at radius 1 is 1.29 bits per heavy atom. The molecule has 0 spiro atoms. The van der Waals surface area contributed by atoms with E-state index < -0.39 is 0 Å². The molecule has 0 aromatic heterocycles. The molecule has 0 saturated carbocycles. The molecule has 0 atom stereocenters. The Bertz CT molecular complexity index is 557. The van der Waals surface area contributed by atoms with Crippen LogP contribution in [0, 0.1) is 0 Å². The number of hydrogen-bond donors (Lipinski definition) is 0. The van der Waals surface area contributed by atoms with Crippen LogP contribution in [0.4, 0.5) is 0 Å². The average molecular weight is 307 g/mol. The number of benzene rings is 1. The van der Waals surface area contributed by atoms with Crippen molar-refractivity contribution in [1.82, 2.24) is 9.80 Å². The number of nitrogens with zero attached hydrogens (tertiary/aromatic N) is 2. The minimum absolute atomic E-state index is 0.0827. The highest BCUT2D eigenvalue weighted by atomic mass is 35.5. The quantitative estimate of drug-likeness (QED) is 0.805. The van der Waals surface area contributed by atoms with E-state index in [2.05, 4.69) is 0 Å². The molecular formula is C16H19ClN2O2. The van der Waals surface area contributed by atoms with Gasteiger partial charge in [-0.3, -0.25) is 9.59 Å². The minimum Gasteiger partial charge on any atom is -0.341 e. The summed E-state index contributed by atoms with van der Waals surface area (Å²) in [6.45, 7) is 4.29. The van der Waals surface area contributed by atoms with E-state index in [4.69, 9.17) is 11.6 Å². The fraction of sp³-hybridized carbons (Fsp3) is 0.375. The van der Waals surface area contributed by atoms with E-state index in [9.17, 15) is 9.59 Å². The van der Waals surface area contributed by atoms with Gasteiger partial charge in [-0.05, 0) is 24.6 Å². The van der Waals surface area contributed by atoms with Gasteiger partial charge in [0, 0.05) is 43.7 Å². The summed E-state index contributed by atoms with van der Waals surface area (Å²) in [5, 5.41) is 0.616. The SMILES string of the molecule is CCN1CCN(C(=O)/C=C/c2ccccc2Cl)CCC1=O. The van der Waals surface area contributed by atoms with Crippen LogP contribution < -0.4 is 0 Å². The van der Waals surface area contributed by atoms with E-state index in [1.807, 2.05) is 25.1 Å². The summed E-state index contributed by atoms with van der Waals surface area (Å²) in [4.78, 5) is 27.5. The molecule has 2 amide bonds. The van der Waals surface area contributed by atoms with E-state index >= 15 is 0 Å². The molecule has 0 unspecified atom stereocenters. The fourth-order valence-electron chi connectivity index (χ4n) is 2.30. The van der Waals surface area contributed by atoms with Crippen LogP contribution in [0.25, 0.3) is 6.08 Å². The molecular weight excluding hydrogens is 288 g/mol. The zero-order valence-corrected chi connectivity index (χ0v) is 12.8. The average Bonchev–Trinajstić information content (AvgIpc) is 2.68. The maximum atomic E-state index is 12.2. The summed E-state index contributed by atoms with van der Waals surface area (Å²) in [5.41, 5.74) is 0.814. The van der Waals surface area contributed by atoms with E-state index in [1.54, 1.807) is 21.9 Å². The lowest BCUT2D eigenvalue weighted by Gasteiger charge is -2.20. The predicted octanol–water partition coefficient (Wildman–Crippen LogP) is 2.43. The van der Waals surface area contributed by atoms with Crippen molar-refractivity contribution in [1.29, 1.82) is 0 Å². The molecule has 1 heterocycles. The zero-order valence-electron chi connectivity index (χ0n) is 12.1. The molecule has 1 fully saturated rings. The summed E-state index contributed by atoms with van der Waals surface area (Å²) in [7, 11) is 0. The van der Waals surface area contributed by atoms with Gasteiger partial charge in [0.1, 0.15) is 0 Å². The Morgan fingerprint density at radius 2 is 2.05 bits per heavy atom. The number of amides is 2. The van der Waals surface area contributed by atoms with Gasteiger partial charge < -0.3 is 9.80 Å². The van der Waals surface area contributed by atoms with Crippen molar-refractivity contribution in [3.63, 3.8) is 0 Å². The second-order valence-electron chi connectivity index (χ2n) is 4.90. The molecule has 1 aromatic rings. The zero-order chi connectivity index (χ0) is 15.2. The molecule has 1 aliphatic rings. The van der Waals surface area contributed by atoms with Crippen LogP contribution in [-0.2, 0) is 9.59 Å². The molecule has 0 radical (unpaired) electrons. The number of halogens is 1. The highest BCUT2D eigenvalue weighted by Crippen LogP contribution is 2.16. The topological polar surface area (TPSA) is 40.6 Å². The third kappa shape index (κ3) is 4.08. The maximum absolute atomic E-state index is 12.2. The van der Waals surface area contributed by atoms with Crippen molar-refractivity contribution in [3.8, 4) is 0 Å². The summed E-state index contributed by atoms with van der Waals surface area (Å²) in [5.74, 6) is 0.0311. The Labute approximate surface area is 130 Å². The number of carbonyl (C=O) groups is 2. The lowest BCUT2D eigenvalue weighted by molar-refractivity contribution is -0.130. The highest BCUT2D eigenvalue weighted by Gasteiger charge is 2.21. The largest absolute Gasteiger partial charge is 0.341 e. The van der Waals surface area contributed by atoms with Gasteiger partial charge in [-0.25, -0.2) is 0 Å². The minimum atomic E-state index is -0.0827. The van der Waals surface area contributed by atoms with E-state index in [0.717, 1.165) is 5.56 Å². The van der Waals surface area contributed by atoms with E-state index in [0.29, 0.717) is 37.6 Å². The van der Waals surface area contributed by atoms with Crippen LogP contribution in [0.15, 0.2) is 30.3 Å². The third-order valence-corrected chi connectivity index (χ3v) is 3.94. The van der Waals surface area contributed by atoms with Gasteiger partial charge in [0.25, 0.3) is 0 Å². The monoisotopic (exact) mass is 306 g/mol. The molecule has 0 N–H and O–H groups in total. The van der Waals surface area contributed by atoms with Gasteiger partial charge in [-0.1, -0.05) is 29.8 Å². The van der Waals surface area contributed by atoms with Crippen LogP contribution >= 0.6 is 11.6 Å². The molecule has 1 aliphatic heterocycles. The molecule has 0 bridgehead atoms. The van der Waals surface area contributed by atoms with Crippen molar-refractivity contribution in [3.05, 3.63) is 40.9 Å². The van der Waals surface area contributed by atoms with Crippen molar-refractivity contribution < 1.29 is 9.59 Å². The molecule has 21 heavy (non-hydrogen) atoms. The van der Waals surface area contributed by atoms with Crippen LogP contribution in [-0.4, -0.2) is 47.8 Å². The van der Waals surface area contributed by atoms with Crippen LogP contribution in [0.5, 0.6) is 0 Å². The number of rotatable bonds is 3.